The summed E-state index contributed by atoms with van der Waals surface area (Å²) in [5, 5.41) is 0. The highest BCUT2D eigenvalue weighted by atomic mass is 32.2. The van der Waals surface area contributed by atoms with Crippen molar-refractivity contribution in [1.82, 2.24) is 4.31 Å². The lowest BCUT2D eigenvalue weighted by molar-refractivity contribution is 0.443. The second-order valence-corrected chi connectivity index (χ2v) is 7.59. The lowest BCUT2D eigenvalue weighted by atomic mass is 10.1. The van der Waals surface area contributed by atoms with Gasteiger partial charge in [0.25, 0.3) is 0 Å². The van der Waals surface area contributed by atoms with Gasteiger partial charge in [0, 0.05) is 13.1 Å². The molecule has 114 valence electrons. The van der Waals surface area contributed by atoms with Crippen LogP contribution in [-0.4, -0.2) is 25.8 Å². The number of nitrogens with zero attached hydrogens (tertiary/aromatic N) is 1. The van der Waals surface area contributed by atoms with Gasteiger partial charge < -0.3 is 0 Å². The van der Waals surface area contributed by atoms with Gasteiger partial charge in [0.1, 0.15) is 0 Å². The van der Waals surface area contributed by atoms with Gasteiger partial charge in [0.15, 0.2) is 0 Å². The lowest BCUT2D eigenvalue weighted by Gasteiger charge is -2.21. The molecule has 0 atom stereocenters. The van der Waals surface area contributed by atoms with Crippen molar-refractivity contribution in [2.75, 3.05) is 13.1 Å². The van der Waals surface area contributed by atoms with Crippen molar-refractivity contribution in [1.29, 1.82) is 0 Å². The SMILES string of the molecule is C=CCN(CCC(=C)C1CC1)S(=O)(=O)c1ccc(C)cc1. The molecule has 1 fully saturated rings. The summed E-state index contributed by atoms with van der Waals surface area (Å²) in [6.45, 7) is 10.5. The fourth-order valence-electron chi connectivity index (χ4n) is 2.28. The second kappa shape index (κ2) is 6.58. The number of hydrogen-bond acceptors (Lipinski definition) is 2. The van der Waals surface area contributed by atoms with E-state index in [0.717, 1.165) is 12.0 Å². The first-order chi connectivity index (χ1) is 9.95. The largest absolute Gasteiger partial charge is 0.243 e. The Kier molecular flexibility index (Phi) is 5.01. The molecule has 1 saturated carbocycles. The van der Waals surface area contributed by atoms with E-state index in [1.54, 1.807) is 18.2 Å². The van der Waals surface area contributed by atoms with Crippen LogP contribution >= 0.6 is 0 Å². The third-order valence-corrected chi connectivity index (χ3v) is 5.71. The molecule has 0 aromatic heterocycles. The molecule has 0 heterocycles. The number of benzene rings is 1. The number of sulfonamides is 1. The zero-order valence-electron chi connectivity index (χ0n) is 12.6. The van der Waals surface area contributed by atoms with E-state index < -0.39 is 10.0 Å². The van der Waals surface area contributed by atoms with Gasteiger partial charge in [-0.15, -0.1) is 6.58 Å². The van der Waals surface area contributed by atoms with Gasteiger partial charge in [0.05, 0.1) is 4.90 Å². The zero-order valence-corrected chi connectivity index (χ0v) is 13.4. The van der Waals surface area contributed by atoms with Crippen LogP contribution in [0.5, 0.6) is 0 Å². The first-order valence-corrected chi connectivity index (χ1v) is 8.74. The standard InChI is InChI=1S/C17H23NO2S/c1-4-12-18(13-11-15(3)16-7-8-16)21(19,20)17-9-5-14(2)6-10-17/h4-6,9-10,16H,1,3,7-8,11-13H2,2H3. The van der Waals surface area contributed by atoms with Gasteiger partial charge in [-0.3, -0.25) is 0 Å². The van der Waals surface area contributed by atoms with Crippen molar-refractivity contribution in [2.45, 2.75) is 31.1 Å². The van der Waals surface area contributed by atoms with Gasteiger partial charge in [0.2, 0.25) is 10.0 Å². The molecule has 21 heavy (non-hydrogen) atoms. The van der Waals surface area contributed by atoms with Crippen LogP contribution < -0.4 is 0 Å². The molecule has 1 aromatic carbocycles. The predicted octanol–water partition coefficient (Wildman–Crippen LogP) is 3.53. The number of rotatable bonds is 8. The molecule has 0 bridgehead atoms. The fraction of sp³-hybridized carbons (Fsp3) is 0.412. The van der Waals surface area contributed by atoms with E-state index in [4.69, 9.17) is 0 Å². The van der Waals surface area contributed by atoms with Crippen molar-refractivity contribution >= 4 is 10.0 Å². The van der Waals surface area contributed by atoms with E-state index in [9.17, 15) is 8.42 Å². The molecule has 0 spiro atoms. The Hall–Kier alpha value is -1.39. The van der Waals surface area contributed by atoms with E-state index in [1.165, 1.54) is 22.7 Å². The Labute approximate surface area is 128 Å². The lowest BCUT2D eigenvalue weighted by Crippen LogP contribution is -2.32. The van der Waals surface area contributed by atoms with E-state index >= 15 is 0 Å². The third kappa shape index (κ3) is 4.05. The first kappa shape index (κ1) is 16.0. The molecule has 2 rings (SSSR count). The van der Waals surface area contributed by atoms with Crippen LogP contribution in [0.2, 0.25) is 0 Å². The van der Waals surface area contributed by atoms with Crippen molar-refractivity contribution in [3.8, 4) is 0 Å². The topological polar surface area (TPSA) is 37.4 Å². The second-order valence-electron chi connectivity index (χ2n) is 5.65. The Morgan fingerprint density at radius 2 is 1.95 bits per heavy atom. The van der Waals surface area contributed by atoms with Crippen LogP contribution in [0, 0.1) is 12.8 Å². The minimum atomic E-state index is -3.46. The Morgan fingerprint density at radius 1 is 1.33 bits per heavy atom. The third-order valence-electron chi connectivity index (χ3n) is 3.83. The Balaban J connectivity index is 2.12. The number of hydrogen-bond donors (Lipinski definition) is 0. The number of aryl methyl sites for hydroxylation is 1. The van der Waals surface area contributed by atoms with Crippen LogP contribution in [0.15, 0.2) is 54.0 Å². The monoisotopic (exact) mass is 305 g/mol. The van der Waals surface area contributed by atoms with E-state index in [0.29, 0.717) is 23.9 Å². The van der Waals surface area contributed by atoms with Crippen LogP contribution in [0.25, 0.3) is 0 Å². The molecular weight excluding hydrogens is 282 g/mol. The maximum absolute atomic E-state index is 12.7. The highest BCUT2D eigenvalue weighted by Gasteiger charge is 2.27. The normalized spacial score (nSPS) is 15.1. The highest BCUT2D eigenvalue weighted by molar-refractivity contribution is 7.89. The average Bonchev–Trinajstić information content (AvgIpc) is 3.28. The summed E-state index contributed by atoms with van der Waals surface area (Å²) >= 11 is 0. The summed E-state index contributed by atoms with van der Waals surface area (Å²) in [7, 11) is -3.46. The molecule has 0 amide bonds. The van der Waals surface area contributed by atoms with E-state index in [1.807, 2.05) is 19.1 Å². The molecule has 1 aliphatic carbocycles. The van der Waals surface area contributed by atoms with Crippen molar-refractivity contribution in [3.63, 3.8) is 0 Å². The van der Waals surface area contributed by atoms with Gasteiger partial charge in [-0.05, 0) is 44.2 Å². The summed E-state index contributed by atoms with van der Waals surface area (Å²) in [4.78, 5) is 0.340. The summed E-state index contributed by atoms with van der Waals surface area (Å²) < 4.78 is 26.8. The molecule has 0 aliphatic heterocycles. The van der Waals surface area contributed by atoms with Crippen molar-refractivity contribution < 1.29 is 8.42 Å². The van der Waals surface area contributed by atoms with Crippen molar-refractivity contribution in [3.05, 3.63) is 54.6 Å². The van der Waals surface area contributed by atoms with Crippen LogP contribution in [0.4, 0.5) is 0 Å². The molecule has 1 aliphatic rings. The fourth-order valence-corrected chi connectivity index (χ4v) is 3.69. The molecule has 0 radical (unpaired) electrons. The quantitative estimate of drug-likeness (QED) is 0.689. The molecule has 0 unspecified atom stereocenters. The molecule has 0 N–H and O–H groups in total. The van der Waals surface area contributed by atoms with Crippen LogP contribution in [-0.2, 0) is 10.0 Å². The van der Waals surface area contributed by atoms with E-state index in [-0.39, 0.29) is 0 Å². The summed E-state index contributed by atoms with van der Waals surface area (Å²) in [5.41, 5.74) is 2.22. The van der Waals surface area contributed by atoms with Crippen LogP contribution in [0.1, 0.15) is 24.8 Å². The summed E-state index contributed by atoms with van der Waals surface area (Å²) in [6.07, 6.45) is 4.76. The Morgan fingerprint density at radius 3 is 2.48 bits per heavy atom. The average molecular weight is 305 g/mol. The minimum absolute atomic E-state index is 0.328. The summed E-state index contributed by atoms with van der Waals surface area (Å²) in [5.74, 6) is 0.609. The zero-order chi connectivity index (χ0) is 15.5. The molecular formula is C17H23NO2S. The van der Waals surface area contributed by atoms with Gasteiger partial charge >= 0.3 is 0 Å². The molecule has 4 heteroatoms. The smallest absolute Gasteiger partial charge is 0.207 e. The summed E-state index contributed by atoms with van der Waals surface area (Å²) in [6, 6.07) is 6.97. The molecule has 3 nitrogen and oxygen atoms in total. The highest BCUT2D eigenvalue weighted by Crippen LogP contribution is 2.37. The maximum atomic E-state index is 12.7. The maximum Gasteiger partial charge on any atom is 0.243 e. The minimum Gasteiger partial charge on any atom is -0.207 e. The first-order valence-electron chi connectivity index (χ1n) is 7.30. The van der Waals surface area contributed by atoms with Gasteiger partial charge in [-0.2, -0.15) is 4.31 Å². The Bertz CT molecular complexity index is 613. The predicted molar refractivity (Wildman–Crippen MR) is 86.6 cm³/mol. The van der Waals surface area contributed by atoms with Crippen molar-refractivity contribution in [2.24, 2.45) is 5.92 Å². The molecule has 0 saturated heterocycles. The molecule has 1 aromatic rings. The van der Waals surface area contributed by atoms with Gasteiger partial charge in [-0.25, -0.2) is 8.42 Å². The van der Waals surface area contributed by atoms with Gasteiger partial charge in [-0.1, -0.05) is 35.9 Å². The van der Waals surface area contributed by atoms with Crippen LogP contribution in [0.3, 0.4) is 0 Å². The van der Waals surface area contributed by atoms with E-state index in [2.05, 4.69) is 13.2 Å².